The summed E-state index contributed by atoms with van der Waals surface area (Å²) in [5, 5.41) is 3.30. The van der Waals surface area contributed by atoms with Crippen LogP contribution in [-0.4, -0.2) is 16.5 Å². The highest BCUT2D eigenvalue weighted by Gasteiger charge is 2.29. The monoisotopic (exact) mass is 239 g/mol. The molecule has 0 aliphatic heterocycles. The summed E-state index contributed by atoms with van der Waals surface area (Å²) in [5.41, 5.74) is 3.90. The van der Waals surface area contributed by atoms with E-state index in [4.69, 9.17) is 0 Å². The van der Waals surface area contributed by atoms with Crippen LogP contribution in [0.25, 0.3) is 0 Å². The molecule has 92 valence electrons. The second-order valence-corrected chi connectivity index (χ2v) is 4.64. The minimum atomic E-state index is 0.391. The van der Waals surface area contributed by atoms with Gasteiger partial charge in [-0.2, -0.15) is 0 Å². The predicted molar refractivity (Wildman–Crippen MR) is 71.4 cm³/mol. The zero-order chi connectivity index (χ0) is 12.4. The Kier molecular flexibility index (Phi) is 3.07. The number of hydrogen-bond donors (Lipinski definition) is 1. The molecule has 0 spiro atoms. The Balaban J connectivity index is 1.82. The largest absolute Gasteiger partial charge is 0.311 e. The van der Waals surface area contributed by atoms with E-state index in [1.165, 1.54) is 11.1 Å². The molecule has 0 saturated heterocycles. The normalized spacial score (nSPS) is 17.1. The maximum absolute atomic E-state index is 4.66. The molecule has 0 amide bonds. The second-order valence-electron chi connectivity index (χ2n) is 4.64. The molecule has 0 saturated carbocycles. The summed E-state index contributed by atoms with van der Waals surface area (Å²) >= 11 is 0. The van der Waals surface area contributed by atoms with Crippen molar-refractivity contribution in [2.75, 3.05) is 6.54 Å². The van der Waals surface area contributed by atoms with Crippen LogP contribution in [0.2, 0.25) is 0 Å². The van der Waals surface area contributed by atoms with Crippen molar-refractivity contribution in [1.29, 1.82) is 0 Å². The highest BCUT2D eigenvalue weighted by molar-refractivity contribution is 5.43. The van der Waals surface area contributed by atoms with E-state index in [2.05, 4.69) is 46.5 Å². The van der Waals surface area contributed by atoms with Gasteiger partial charge in [0.2, 0.25) is 0 Å². The van der Waals surface area contributed by atoms with Crippen molar-refractivity contribution in [3.63, 3.8) is 0 Å². The lowest BCUT2D eigenvalue weighted by atomic mass is 9.77. The van der Waals surface area contributed by atoms with E-state index in [1.54, 1.807) is 0 Å². The van der Waals surface area contributed by atoms with Crippen LogP contribution in [0.5, 0.6) is 0 Å². The summed E-state index contributed by atoms with van der Waals surface area (Å²) in [6.07, 6.45) is 2.94. The molecular weight excluding hydrogens is 222 g/mol. The van der Waals surface area contributed by atoms with E-state index in [0.717, 1.165) is 31.0 Å². The molecule has 3 heteroatoms. The summed E-state index contributed by atoms with van der Waals surface area (Å²) in [5.74, 6) is 1.35. The Morgan fingerprint density at radius 1 is 1.28 bits per heavy atom. The maximum Gasteiger partial charge on any atom is 0.136 e. The van der Waals surface area contributed by atoms with Crippen molar-refractivity contribution in [2.45, 2.75) is 25.8 Å². The third-order valence-electron chi connectivity index (χ3n) is 3.45. The Morgan fingerprint density at radius 3 is 3.00 bits per heavy atom. The van der Waals surface area contributed by atoms with Crippen molar-refractivity contribution >= 4 is 0 Å². The molecule has 1 aliphatic carbocycles. The molecule has 0 bridgehead atoms. The fourth-order valence-electron chi connectivity index (χ4n) is 2.42. The van der Waals surface area contributed by atoms with Crippen molar-refractivity contribution < 1.29 is 0 Å². The Hall–Kier alpha value is -1.74. The molecule has 1 unspecified atom stereocenters. The van der Waals surface area contributed by atoms with Crippen molar-refractivity contribution in [3.05, 3.63) is 59.2 Å². The number of aromatic nitrogens is 2. The summed E-state index contributed by atoms with van der Waals surface area (Å²) in [7, 11) is 0. The second kappa shape index (κ2) is 4.86. The van der Waals surface area contributed by atoms with Crippen LogP contribution in [0.1, 0.15) is 35.5 Å². The van der Waals surface area contributed by atoms with Gasteiger partial charge in [0.25, 0.3) is 0 Å². The van der Waals surface area contributed by atoms with Gasteiger partial charge in [-0.15, -0.1) is 0 Å². The van der Waals surface area contributed by atoms with Crippen LogP contribution < -0.4 is 5.32 Å². The fourth-order valence-corrected chi connectivity index (χ4v) is 2.42. The Morgan fingerprint density at radius 2 is 2.17 bits per heavy atom. The number of nitrogens with one attached hydrogen (secondary N) is 1. The first-order valence-electron chi connectivity index (χ1n) is 6.49. The van der Waals surface area contributed by atoms with Gasteiger partial charge in [0.1, 0.15) is 5.82 Å². The molecule has 18 heavy (non-hydrogen) atoms. The first-order chi connectivity index (χ1) is 8.88. The van der Waals surface area contributed by atoms with Gasteiger partial charge in [-0.05, 0) is 30.2 Å². The van der Waals surface area contributed by atoms with Gasteiger partial charge in [0, 0.05) is 18.7 Å². The van der Waals surface area contributed by atoms with Crippen LogP contribution in [0.4, 0.5) is 0 Å². The minimum Gasteiger partial charge on any atom is -0.311 e. The highest BCUT2D eigenvalue weighted by atomic mass is 14.9. The highest BCUT2D eigenvalue weighted by Crippen LogP contribution is 2.38. The molecule has 1 aliphatic rings. The van der Waals surface area contributed by atoms with Crippen molar-refractivity contribution in [2.24, 2.45) is 0 Å². The topological polar surface area (TPSA) is 37.8 Å². The van der Waals surface area contributed by atoms with Gasteiger partial charge in [-0.25, -0.2) is 9.97 Å². The zero-order valence-electron chi connectivity index (χ0n) is 10.6. The van der Waals surface area contributed by atoms with Gasteiger partial charge in [-0.3, -0.25) is 0 Å². The lowest BCUT2D eigenvalue weighted by Gasteiger charge is -2.28. The molecule has 0 radical (unpaired) electrons. The molecule has 1 atom stereocenters. The van der Waals surface area contributed by atoms with Gasteiger partial charge >= 0.3 is 0 Å². The summed E-state index contributed by atoms with van der Waals surface area (Å²) < 4.78 is 0. The summed E-state index contributed by atoms with van der Waals surface area (Å²) in [4.78, 5) is 9.09. The molecule has 3 nitrogen and oxygen atoms in total. The number of benzene rings is 1. The first kappa shape index (κ1) is 11.4. The number of hydrogen-bond acceptors (Lipinski definition) is 3. The van der Waals surface area contributed by atoms with Gasteiger partial charge in [0.05, 0.1) is 5.69 Å². The lowest BCUT2D eigenvalue weighted by molar-refractivity contribution is 0.640. The van der Waals surface area contributed by atoms with Crippen LogP contribution in [0.15, 0.2) is 36.5 Å². The molecule has 1 heterocycles. The SMILES string of the molecule is CCNCc1ccnc(C2Cc3ccccc32)n1. The number of rotatable bonds is 4. The molecule has 1 aromatic carbocycles. The predicted octanol–water partition coefficient (Wildman–Crippen LogP) is 2.27. The van der Waals surface area contributed by atoms with Gasteiger partial charge < -0.3 is 5.32 Å². The zero-order valence-corrected chi connectivity index (χ0v) is 10.6. The maximum atomic E-state index is 4.66. The van der Waals surface area contributed by atoms with Crippen LogP contribution in [0, 0.1) is 0 Å². The molecule has 2 aromatic rings. The molecule has 1 aromatic heterocycles. The van der Waals surface area contributed by atoms with E-state index >= 15 is 0 Å². The quantitative estimate of drug-likeness (QED) is 0.889. The minimum absolute atomic E-state index is 0.391. The lowest BCUT2D eigenvalue weighted by Crippen LogP contribution is -2.21. The van der Waals surface area contributed by atoms with E-state index in [9.17, 15) is 0 Å². The van der Waals surface area contributed by atoms with Crippen LogP contribution >= 0.6 is 0 Å². The van der Waals surface area contributed by atoms with E-state index in [-0.39, 0.29) is 0 Å². The smallest absolute Gasteiger partial charge is 0.136 e. The van der Waals surface area contributed by atoms with Gasteiger partial charge in [-0.1, -0.05) is 31.2 Å². The molecule has 3 rings (SSSR count). The third kappa shape index (κ3) is 2.02. The molecule has 1 N–H and O–H groups in total. The first-order valence-corrected chi connectivity index (χ1v) is 6.49. The summed E-state index contributed by atoms with van der Waals surface area (Å²) in [6, 6.07) is 10.5. The van der Waals surface area contributed by atoms with Gasteiger partial charge in [0.15, 0.2) is 0 Å². The van der Waals surface area contributed by atoms with Crippen LogP contribution in [-0.2, 0) is 13.0 Å². The van der Waals surface area contributed by atoms with E-state index < -0.39 is 0 Å². The summed E-state index contributed by atoms with van der Waals surface area (Å²) in [6.45, 7) is 3.89. The average molecular weight is 239 g/mol. The average Bonchev–Trinajstić information content (AvgIpc) is 2.38. The van der Waals surface area contributed by atoms with Crippen molar-refractivity contribution in [1.82, 2.24) is 15.3 Å². The number of fused-ring (bicyclic) bond motifs is 1. The van der Waals surface area contributed by atoms with E-state index in [1.807, 2.05) is 12.3 Å². The fraction of sp³-hybridized carbons (Fsp3) is 0.333. The van der Waals surface area contributed by atoms with Crippen molar-refractivity contribution in [3.8, 4) is 0 Å². The molecule has 0 fully saturated rings. The molecular formula is C15H17N3. The standard InChI is InChI=1S/C15H17N3/c1-2-16-10-12-7-8-17-15(18-12)14-9-11-5-3-4-6-13(11)14/h3-8,14,16H,2,9-10H2,1H3. The third-order valence-corrected chi connectivity index (χ3v) is 3.45. The number of nitrogens with zero attached hydrogens (tertiary/aromatic N) is 2. The van der Waals surface area contributed by atoms with Crippen LogP contribution in [0.3, 0.4) is 0 Å². The Bertz CT molecular complexity index is 551. The van der Waals surface area contributed by atoms with E-state index in [0.29, 0.717) is 5.92 Å². The Labute approximate surface area is 107 Å².